The Hall–Kier alpha value is -1.40. The number of carbonyl (C=O) groups excluding carboxylic acids is 2. The number of benzene rings is 1. The van der Waals surface area contributed by atoms with Crippen molar-refractivity contribution in [1.82, 2.24) is 4.90 Å². The molecule has 1 rings (SSSR count). The fraction of sp³-hybridized carbons (Fsp3) is 0.385. The van der Waals surface area contributed by atoms with Crippen molar-refractivity contribution < 1.29 is 19.1 Å². The first kappa shape index (κ1) is 15.7. The van der Waals surface area contributed by atoms with Crippen LogP contribution in [-0.2, 0) is 14.3 Å². The van der Waals surface area contributed by atoms with Gasteiger partial charge in [0.1, 0.15) is 6.54 Å². The van der Waals surface area contributed by atoms with Gasteiger partial charge in [0.15, 0.2) is 0 Å². The van der Waals surface area contributed by atoms with Crippen LogP contribution in [0.25, 0.3) is 0 Å². The first-order valence-corrected chi connectivity index (χ1v) is 6.48. The van der Waals surface area contributed by atoms with Gasteiger partial charge in [-0.1, -0.05) is 22.0 Å². The number of hydrogen-bond acceptors (Lipinski definition) is 4. The molecule has 0 N–H and O–H groups in total. The standard InChI is InChI=1S/C13H16BrNO4/c1-18-7-6-15(9-12(16)19-2)13(17)10-4-3-5-11(14)8-10/h3-5,8H,6-7,9H2,1-2H3. The average molecular weight is 330 g/mol. The Labute approximate surface area is 120 Å². The van der Waals surface area contributed by atoms with E-state index in [0.717, 1.165) is 4.47 Å². The van der Waals surface area contributed by atoms with Gasteiger partial charge in [-0.3, -0.25) is 9.59 Å². The lowest BCUT2D eigenvalue weighted by Crippen LogP contribution is -2.38. The van der Waals surface area contributed by atoms with Crippen LogP contribution in [0.15, 0.2) is 28.7 Å². The molecule has 0 bridgehead atoms. The number of esters is 1. The van der Waals surface area contributed by atoms with E-state index in [0.29, 0.717) is 18.7 Å². The Morgan fingerprint density at radius 1 is 1.32 bits per heavy atom. The van der Waals surface area contributed by atoms with Crippen LogP contribution in [0.5, 0.6) is 0 Å². The van der Waals surface area contributed by atoms with E-state index in [1.165, 1.54) is 12.0 Å². The number of methoxy groups -OCH3 is 2. The fourth-order valence-electron chi connectivity index (χ4n) is 1.48. The second-order valence-electron chi connectivity index (χ2n) is 3.81. The molecule has 0 atom stereocenters. The lowest BCUT2D eigenvalue weighted by Gasteiger charge is -2.21. The highest BCUT2D eigenvalue weighted by Crippen LogP contribution is 2.13. The molecule has 1 amide bonds. The van der Waals surface area contributed by atoms with Crippen LogP contribution in [0.3, 0.4) is 0 Å². The van der Waals surface area contributed by atoms with Crippen LogP contribution in [0, 0.1) is 0 Å². The summed E-state index contributed by atoms with van der Waals surface area (Å²) in [6, 6.07) is 7.00. The van der Waals surface area contributed by atoms with Gasteiger partial charge in [-0.15, -0.1) is 0 Å². The van der Waals surface area contributed by atoms with Crippen molar-refractivity contribution in [3.8, 4) is 0 Å². The molecule has 1 aromatic carbocycles. The molecule has 0 spiro atoms. The van der Waals surface area contributed by atoms with Gasteiger partial charge in [0.05, 0.1) is 13.7 Å². The van der Waals surface area contributed by atoms with Gasteiger partial charge >= 0.3 is 5.97 Å². The van der Waals surface area contributed by atoms with E-state index in [2.05, 4.69) is 20.7 Å². The van der Waals surface area contributed by atoms with E-state index in [1.807, 2.05) is 6.07 Å². The normalized spacial score (nSPS) is 10.1. The predicted octanol–water partition coefficient (Wildman–Crippen LogP) is 1.71. The maximum Gasteiger partial charge on any atom is 0.325 e. The largest absolute Gasteiger partial charge is 0.468 e. The lowest BCUT2D eigenvalue weighted by atomic mass is 10.2. The first-order valence-electron chi connectivity index (χ1n) is 5.69. The van der Waals surface area contributed by atoms with Gasteiger partial charge in [0, 0.05) is 23.7 Å². The highest BCUT2D eigenvalue weighted by molar-refractivity contribution is 9.10. The van der Waals surface area contributed by atoms with Crippen LogP contribution in [0.1, 0.15) is 10.4 Å². The Morgan fingerprint density at radius 3 is 2.63 bits per heavy atom. The van der Waals surface area contributed by atoms with Crippen molar-refractivity contribution in [3.05, 3.63) is 34.3 Å². The second-order valence-corrected chi connectivity index (χ2v) is 4.72. The summed E-state index contributed by atoms with van der Waals surface area (Å²) in [7, 11) is 2.83. The number of amides is 1. The van der Waals surface area contributed by atoms with Crippen molar-refractivity contribution in [1.29, 1.82) is 0 Å². The highest BCUT2D eigenvalue weighted by Gasteiger charge is 2.19. The third-order valence-electron chi connectivity index (χ3n) is 2.47. The van der Waals surface area contributed by atoms with Crippen molar-refractivity contribution in [2.75, 3.05) is 33.9 Å². The number of carbonyl (C=O) groups is 2. The molecule has 0 aliphatic heterocycles. The second kappa shape index (κ2) is 7.91. The van der Waals surface area contributed by atoms with Crippen molar-refractivity contribution in [2.45, 2.75) is 0 Å². The molecule has 0 aromatic heterocycles. The zero-order valence-corrected chi connectivity index (χ0v) is 12.5. The minimum absolute atomic E-state index is 0.0921. The van der Waals surface area contributed by atoms with Crippen LogP contribution < -0.4 is 0 Å². The molecule has 1 aromatic rings. The maximum atomic E-state index is 12.3. The van der Waals surface area contributed by atoms with Crippen LogP contribution in [0.2, 0.25) is 0 Å². The van der Waals surface area contributed by atoms with Gasteiger partial charge in [-0.25, -0.2) is 0 Å². The molecule has 0 radical (unpaired) electrons. The van der Waals surface area contributed by atoms with Crippen molar-refractivity contribution in [2.24, 2.45) is 0 Å². The summed E-state index contributed by atoms with van der Waals surface area (Å²) in [6.45, 7) is 0.596. The van der Waals surface area contributed by atoms with E-state index < -0.39 is 5.97 Å². The summed E-state index contributed by atoms with van der Waals surface area (Å²) in [5.41, 5.74) is 0.509. The van der Waals surface area contributed by atoms with E-state index in [4.69, 9.17) is 4.74 Å². The molecular weight excluding hydrogens is 314 g/mol. The molecule has 0 unspecified atom stereocenters. The van der Waals surface area contributed by atoms with Gasteiger partial charge in [0.25, 0.3) is 5.91 Å². The summed E-state index contributed by atoms with van der Waals surface area (Å²) >= 11 is 3.31. The smallest absolute Gasteiger partial charge is 0.325 e. The summed E-state index contributed by atoms with van der Waals surface area (Å²) in [5.74, 6) is -0.691. The van der Waals surface area contributed by atoms with E-state index in [1.54, 1.807) is 25.3 Å². The minimum Gasteiger partial charge on any atom is -0.468 e. The van der Waals surface area contributed by atoms with E-state index in [-0.39, 0.29) is 12.5 Å². The number of nitrogens with zero attached hydrogens (tertiary/aromatic N) is 1. The fourth-order valence-corrected chi connectivity index (χ4v) is 1.88. The summed E-state index contributed by atoms with van der Waals surface area (Å²) in [4.78, 5) is 25.0. The SMILES string of the molecule is COCCN(CC(=O)OC)C(=O)c1cccc(Br)c1. The molecule has 0 saturated heterocycles. The number of halogens is 1. The molecule has 0 heterocycles. The minimum atomic E-state index is -0.459. The first-order chi connectivity index (χ1) is 9.08. The van der Waals surface area contributed by atoms with Crippen molar-refractivity contribution in [3.63, 3.8) is 0 Å². The monoisotopic (exact) mass is 329 g/mol. The van der Waals surface area contributed by atoms with Crippen LogP contribution in [-0.4, -0.2) is 50.7 Å². The van der Waals surface area contributed by atoms with Crippen molar-refractivity contribution >= 4 is 27.8 Å². The molecule has 0 aliphatic carbocycles. The van der Waals surface area contributed by atoms with E-state index >= 15 is 0 Å². The van der Waals surface area contributed by atoms with Gasteiger partial charge in [-0.05, 0) is 18.2 Å². The molecular formula is C13H16BrNO4. The molecule has 19 heavy (non-hydrogen) atoms. The summed E-state index contributed by atoms with van der Waals surface area (Å²) < 4.78 is 10.3. The summed E-state index contributed by atoms with van der Waals surface area (Å²) in [5, 5.41) is 0. The number of ether oxygens (including phenoxy) is 2. The quantitative estimate of drug-likeness (QED) is 0.745. The Bertz CT molecular complexity index is 450. The van der Waals surface area contributed by atoms with Crippen LogP contribution in [0.4, 0.5) is 0 Å². The number of hydrogen-bond donors (Lipinski definition) is 0. The number of rotatable bonds is 6. The predicted molar refractivity (Wildman–Crippen MR) is 73.9 cm³/mol. The zero-order valence-electron chi connectivity index (χ0n) is 10.9. The third kappa shape index (κ3) is 5.00. The average Bonchev–Trinajstić information content (AvgIpc) is 2.42. The molecule has 0 fully saturated rings. The van der Waals surface area contributed by atoms with Gasteiger partial charge < -0.3 is 14.4 Å². The van der Waals surface area contributed by atoms with Crippen LogP contribution >= 0.6 is 15.9 Å². The molecule has 0 aliphatic rings. The third-order valence-corrected chi connectivity index (χ3v) is 2.96. The Morgan fingerprint density at radius 2 is 2.05 bits per heavy atom. The van der Waals surface area contributed by atoms with Gasteiger partial charge in [0.2, 0.25) is 0 Å². The molecule has 0 saturated carbocycles. The Balaban J connectivity index is 2.83. The topological polar surface area (TPSA) is 55.8 Å². The maximum absolute atomic E-state index is 12.3. The zero-order chi connectivity index (χ0) is 14.3. The highest BCUT2D eigenvalue weighted by atomic mass is 79.9. The molecule has 5 nitrogen and oxygen atoms in total. The molecule has 6 heteroatoms. The van der Waals surface area contributed by atoms with E-state index in [9.17, 15) is 9.59 Å². The molecule has 104 valence electrons. The summed E-state index contributed by atoms with van der Waals surface area (Å²) in [6.07, 6.45) is 0. The van der Waals surface area contributed by atoms with Gasteiger partial charge in [-0.2, -0.15) is 0 Å². The Kier molecular flexibility index (Phi) is 6.52. The lowest BCUT2D eigenvalue weighted by molar-refractivity contribution is -0.141.